The van der Waals surface area contributed by atoms with Crippen molar-refractivity contribution in [1.29, 1.82) is 0 Å². The predicted molar refractivity (Wildman–Crippen MR) is 81.9 cm³/mol. The first-order valence-electron chi connectivity index (χ1n) is 7.43. The predicted octanol–water partition coefficient (Wildman–Crippen LogP) is -0.572. The van der Waals surface area contributed by atoms with Crippen LogP contribution in [0.4, 0.5) is 5.13 Å². The third-order valence-electron chi connectivity index (χ3n) is 3.42. The van der Waals surface area contributed by atoms with E-state index in [9.17, 15) is 4.79 Å². The van der Waals surface area contributed by atoms with Crippen LogP contribution in [0, 0.1) is 0 Å². The molecule has 124 valence electrons. The zero-order valence-corrected chi connectivity index (χ0v) is 13.4. The third kappa shape index (κ3) is 5.01. The number of nitrogens with one attached hydrogen (secondary N) is 1. The van der Waals surface area contributed by atoms with E-state index in [0.29, 0.717) is 11.7 Å². The van der Waals surface area contributed by atoms with Crippen LogP contribution < -0.4 is 5.32 Å². The standard InChI is InChI=1S/C12H18N8O2S/c21-10(1-4-20-9-13-17-18-20)14-12-16-15-11(23-12)2-3-19-5-7-22-8-6-19/h9H,1-8H2,(H,14,16,21). The van der Waals surface area contributed by atoms with Gasteiger partial charge in [0.05, 0.1) is 19.8 Å². The maximum Gasteiger partial charge on any atom is 0.228 e. The molecule has 0 radical (unpaired) electrons. The lowest BCUT2D eigenvalue weighted by Gasteiger charge is -2.25. The molecule has 2 aromatic rings. The number of nitrogens with zero attached hydrogens (tertiary/aromatic N) is 7. The molecule has 23 heavy (non-hydrogen) atoms. The summed E-state index contributed by atoms with van der Waals surface area (Å²) in [6, 6.07) is 0. The Hall–Kier alpha value is -1.98. The topological polar surface area (TPSA) is 111 Å². The minimum absolute atomic E-state index is 0.128. The molecule has 0 spiro atoms. The molecule has 3 rings (SSSR count). The van der Waals surface area contributed by atoms with Crippen LogP contribution in [0.5, 0.6) is 0 Å². The van der Waals surface area contributed by atoms with Crippen molar-refractivity contribution >= 4 is 22.4 Å². The second-order valence-corrected chi connectivity index (χ2v) is 6.14. The van der Waals surface area contributed by atoms with Gasteiger partial charge in [0, 0.05) is 32.5 Å². The van der Waals surface area contributed by atoms with E-state index in [1.54, 1.807) is 0 Å². The van der Waals surface area contributed by atoms with E-state index in [1.165, 1.54) is 22.3 Å². The smallest absolute Gasteiger partial charge is 0.228 e. The molecule has 0 unspecified atom stereocenters. The van der Waals surface area contributed by atoms with E-state index >= 15 is 0 Å². The number of hydrogen-bond donors (Lipinski definition) is 1. The maximum absolute atomic E-state index is 11.8. The lowest BCUT2D eigenvalue weighted by Crippen LogP contribution is -2.37. The quantitative estimate of drug-likeness (QED) is 0.714. The minimum atomic E-state index is -0.128. The second-order valence-electron chi connectivity index (χ2n) is 5.08. The number of anilines is 1. The SMILES string of the molecule is O=C(CCn1cnnn1)Nc1nnc(CCN2CCOCC2)s1. The van der Waals surface area contributed by atoms with E-state index in [2.05, 4.69) is 35.9 Å². The van der Waals surface area contributed by atoms with Crippen molar-refractivity contribution in [3.63, 3.8) is 0 Å². The molecule has 0 aromatic carbocycles. The first-order valence-corrected chi connectivity index (χ1v) is 8.24. The third-order valence-corrected chi connectivity index (χ3v) is 4.32. The summed E-state index contributed by atoms with van der Waals surface area (Å²) < 4.78 is 6.83. The number of aromatic nitrogens is 6. The van der Waals surface area contributed by atoms with Crippen LogP contribution in [0.2, 0.25) is 0 Å². The van der Waals surface area contributed by atoms with E-state index in [1.807, 2.05) is 0 Å². The molecule has 1 amide bonds. The fraction of sp³-hybridized carbons (Fsp3) is 0.667. The first-order chi connectivity index (χ1) is 11.3. The van der Waals surface area contributed by atoms with Gasteiger partial charge in [-0.15, -0.1) is 15.3 Å². The molecule has 0 bridgehead atoms. The molecule has 10 nitrogen and oxygen atoms in total. The summed E-state index contributed by atoms with van der Waals surface area (Å²) in [6.45, 7) is 4.86. The molecule has 3 heterocycles. The van der Waals surface area contributed by atoms with Gasteiger partial charge in [0.15, 0.2) is 0 Å². The van der Waals surface area contributed by atoms with Crippen molar-refractivity contribution in [2.45, 2.75) is 19.4 Å². The normalized spacial score (nSPS) is 15.7. The van der Waals surface area contributed by atoms with Crippen molar-refractivity contribution in [3.8, 4) is 0 Å². The van der Waals surface area contributed by atoms with Crippen LogP contribution in [0.1, 0.15) is 11.4 Å². The van der Waals surface area contributed by atoms with Gasteiger partial charge < -0.3 is 10.1 Å². The van der Waals surface area contributed by atoms with Crippen molar-refractivity contribution in [2.24, 2.45) is 0 Å². The minimum Gasteiger partial charge on any atom is -0.379 e. The number of carbonyl (C=O) groups is 1. The van der Waals surface area contributed by atoms with Gasteiger partial charge >= 0.3 is 0 Å². The Morgan fingerprint density at radius 2 is 2.17 bits per heavy atom. The zero-order chi connectivity index (χ0) is 15.9. The molecule has 1 fully saturated rings. The van der Waals surface area contributed by atoms with Crippen LogP contribution in [0.15, 0.2) is 6.33 Å². The Labute approximate surface area is 136 Å². The van der Waals surface area contributed by atoms with Gasteiger partial charge in [0.2, 0.25) is 11.0 Å². The van der Waals surface area contributed by atoms with Crippen LogP contribution >= 0.6 is 11.3 Å². The van der Waals surface area contributed by atoms with Gasteiger partial charge in [-0.25, -0.2) is 4.68 Å². The van der Waals surface area contributed by atoms with Gasteiger partial charge in [-0.3, -0.25) is 9.69 Å². The molecule has 11 heteroatoms. The number of amides is 1. The van der Waals surface area contributed by atoms with Crippen molar-refractivity contribution < 1.29 is 9.53 Å². The highest BCUT2D eigenvalue weighted by atomic mass is 32.1. The van der Waals surface area contributed by atoms with Crippen LogP contribution in [0.25, 0.3) is 0 Å². The molecule has 1 N–H and O–H groups in total. The number of rotatable bonds is 7. The van der Waals surface area contributed by atoms with Gasteiger partial charge in [-0.2, -0.15) is 0 Å². The van der Waals surface area contributed by atoms with Gasteiger partial charge in [-0.05, 0) is 10.4 Å². The molecule has 0 atom stereocenters. The Bertz CT molecular complexity index is 610. The Morgan fingerprint density at radius 1 is 1.30 bits per heavy atom. The fourth-order valence-corrected chi connectivity index (χ4v) is 2.91. The van der Waals surface area contributed by atoms with E-state index in [4.69, 9.17) is 4.74 Å². The summed E-state index contributed by atoms with van der Waals surface area (Å²) in [5.41, 5.74) is 0. The summed E-state index contributed by atoms with van der Waals surface area (Å²) in [4.78, 5) is 14.2. The average Bonchev–Trinajstić information content (AvgIpc) is 3.24. The maximum atomic E-state index is 11.8. The Morgan fingerprint density at radius 3 is 2.96 bits per heavy atom. The van der Waals surface area contributed by atoms with Crippen LogP contribution in [-0.2, 0) is 22.5 Å². The second kappa shape index (κ2) is 8.04. The Balaban J connectivity index is 1.40. The molecule has 1 aliphatic heterocycles. The Kier molecular flexibility index (Phi) is 5.56. The number of hydrogen-bond acceptors (Lipinski definition) is 9. The molecular formula is C12H18N8O2S. The molecule has 1 aliphatic rings. The van der Waals surface area contributed by atoms with E-state index in [-0.39, 0.29) is 12.3 Å². The number of ether oxygens (including phenoxy) is 1. The zero-order valence-electron chi connectivity index (χ0n) is 12.6. The van der Waals surface area contributed by atoms with Gasteiger partial charge in [0.1, 0.15) is 11.3 Å². The first kappa shape index (κ1) is 15.9. The number of morpholine rings is 1. The van der Waals surface area contributed by atoms with Crippen LogP contribution in [-0.4, -0.2) is 74.1 Å². The lowest BCUT2D eigenvalue weighted by atomic mass is 10.3. The number of carbonyl (C=O) groups excluding carboxylic acids is 1. The summed E-state index contributed by atoms with van der Waals surface area (Å²) in [5, 5.41) is 23.1. The summed E-state index contributed by atoms with van der Waals surface area (Å²) >= 11 is 1.41. The highest BCUT2D eigenvalue weighted by Gasteiger charge is 2.12. The molecule has 1 saturated heterocycles. The summed E-state index contributed by atoms with van der Waals surface area (Å²) in [5.74, 6) is -0.128. The monoisotopic (exact) mass is 338 g/mol. The largest absolute Gasteiger partial charge is 0.379 e. The van der Waals surface area contributed by atoms with E-state index < -0.39 is 0 Å². The lowest BCUT2D eigenvalue weighted by molar-refractivity contribution is -0.116. The average molecular weight is 338 g/mol. The molecule has 0 saturated carbocycles. The molecule has 0 aliphatic carbocycles. The van der Waals surface area contributed by atoms with Crippen LogP contribution in [0.3, 0.4) is 0 Å². The van der Waals surface area contributed by atoms with Crippen molar-refractivity contribution in [2.75, 3.05) is 38.2 Å². The van der Waals surface area contributed by atoms with Crippen molar-refractivity contribution in [1.82, 2.24) is 35.3 Å². The highest BCUT2D eigenvalue weighted by molar-refractivity contribution is 7.15. The van der Waals surface area contributed by atoms with Gasteiger partial charge in [-0.1, -0.05) is 11.3 Å². The number of tetrazole rings is 1. The molecular weight excluding hydrogens is 320 g/mol. The fourth-order valence-electron chi connectivity index (χ4n) is 2.16. The van der Waals surface area contributed by atoms with Gasteiger partial charge in [0.25, 0.3) is 0 Å². The summed E-state index contributed by atoms with van der Waals surface area (Å²) in [7, 11) is 0. The highest BCUT2D eigenvalue weighted by Crippen LogP contribution is 2.16. The number of aryl methyl sites for hydroxylation is 1. The van der Waals surface area contributed by atoms with Crippen molar-refractivity contribution in [3.05, 3.63) is 11.3 Å². The van der Waals surface area contributed by atoms with E-state index in [0.717, 1.165) is 44.3 Å². The molecule has 2 aromatic heterocycles. The summed E-state index contributed by atoms with van der Waals surface area (Å²) in [6.07, 6.45) is 2.59.